The molecule has 2 amide bonds. The first-order valence-electron chi connectivity index (χ1n) is 14.8. The average Bonchev–Trinajstić information content (AvgIpc) is 3.39. The second-order valence-electron chi connectivity index (χ2n) is 11.9. The van der Waals surface area contributed by atoms with Gasteiger partial charge < -0.3 is 25.0 Å². The Morgan fingerprint density at radius 3 is 2.52 bits per heavy atom. The van der Waals surface area contributed by atoms with Crippen molar-refractivity contribution >= 4 is 46.3 Å². The number of hydrogen-bond acceptors (Lipinski definition) is 7. The lowest BCUT2D eigenvalue weighted by Crippen LogP contribution is -2.59. The van der Waals surface area contributed by atoms with E-state index >= 15 is 0 Å². The van der Waals surface area contributed by atoms with E-state index in [1.807, 2.05) is 37.3 Å². The van der Waals surface area contributed by atoms with Crippen LogP contribution in [0.2, 0.25) is 0 Å². The molecule has 44 heavy (non-hydrogen) atoms. The molecule has 9 nitrogen and oxygen atoms in total. The summed E-state index contributed by atoms with van der Waals surface area (Å²) in [5.41, 5.74) is 5.31. The zero-order chi connectivity index (χ0) is 30.4. The number of benzene rings is 2. The summed E-state index contributed by atoms with van der Waals surface area (Å²) in [7, 11) is 0. The highest BCUT2D eigenvalue weighted by Crippen LogP contribution is 2.43. The van der Waals surface area contributed by atoms with Gasteiger partial charge >= 0.3 is 5.97 Å². The first kappa shape index (κ1) is 28.2. The van der Waals surface area contributed by atoms with E-state index in [-0.39, 0.29) is 17.2 Å². The molecule has 10 heteroatoms. The van der Waals surface area contributed by atoms with Crippen molar-refractivity contribution in [3.63, 3.8) is 0 Å². The summed E-state index contributed by atoms with van der Waals surface area (Å²) in [6.45, 7) is 5.66. The molecular formula is C34H32N4O5S. The molecule has 1 spiro atoms. The molecule has 0 unspecified atom stereocenters. The molecule has 0 atom stereocenters. The zero-order valence-electron chi connectivity index (χ0n) is 24.3. The summed E-state index contributed by atoms with van der Waals surface area (Å²) in [6, 6.07) is 18.1. The number of para-hydroxylation sites is 1. The lowest BCUT2D eigenvalue weighted by Gasteiger charge is -2.53. The fraction of sp³-hybridized carbons (Fsp3) is 0.294. The summed E-state index contributed by atoms with van der Waals surface area (Å²) in [5, 5.41) is 12.5. The van der Waals surface area contributed by atoms with Crippen LogP contribution in [-0.2, 0) is 11.2 Å². The molecule has 2 saturated heterocycles. The SMILES string of the molecule is Cc1cnc(N2CC3(CCOCC3)C2)c(C(=O)Nc2ccc(C(=O)N3CCc4cc(C(=O)O)sc4-c4ccccc43)cc2)c1. The van der Waals surface area contributed by atoms with Gasteiger partial charge in [0.15, 0.2) is 0 Å². The van der Waals surface area contributed by atoms with Crippen LogP contribution < -0.4 is 15.1 Å². The van der Waals surface area contributed by atoms with Crippen molar-refractivity contribution in [2.24, 2.45) is 5.41 Å². The summed E-state index contributed by atoms with van der Waals surface area (Å²) >= 11 is 1.24. The number of carbonyl (C=O) groups is 3. The Labute approximate surface area is 259 Å². The van der Waals surface area contributed by atoms with Crippen molar-refractivity contribution in [3.8, 4) is 10.4 Å². The number of rotatable bonds is 5. The first-order chi connectivity index (χ1) is 21.3. The molecule has 0 aliphatic carbocycles. The third-order valence-electron chi connectivity index (χ3n) is 8.85. The van der Waals surface area contributed by atoms with Crippen LogP contribution in [-0.4, -0.2) is 60.7 Å². The van der Waals surface area contributed by atoms with E-state index in [1.165, 1.54) is 11.3 Å². The molecule has 2 fully saturated rings. The van der Waals surface area contributed by atoms with Crippen LogP contribution in [0.25, 0.3) is 10.4 Å². The quantitative estimate of drug-likeness (QED) is 0.291. The van der Waals surface area contributed by atoms with E-state index in [2.05, 4.69) is 15.2 Å². The lowest BCUT2D eigenvalue weighted by molar-refractivity contribution is -0.000512. The topological polar surface area (TPSA) is 112 Å². The van der Waals surface area contributed by atoms with Gasteiger partial charge in [-0.2, -0.15) is 0 Å². The number of aryl methyl sites for hydroxylation is 1. The van der Waals surface area contributed by atoms with Crippen LogP contribution in [0, 0.1) is 12.3 Å². The number of thiophene rings is 1. The number of hydrogen-bond donors (Lipinski definition) is 2. The Bertz CT molecular complexity index is 1770. The van der Waals surface area contributed by atoms with E-state index in [1.54, 1.807) is 41.4 Å². The molecule has 0 bridgehead atoms. The predicted molar refractivity (Wildman–Crippen MR) is 170 cm³/mol. The highest BCUT2D eigenvalue weighted by molar-refractivity contribution is 7.17. The molecule has 2 N–H and O–H groups in total. The van der Waals surface area contributed by atoms with Gasteiger partial charge in [-0.15, -0.1) is 11.3 Å². The minimum atomic E-state index is -0.945. The van der Waals surface area contributed by atoms with Gasteiger partial charge in [0.2, 0.25) is 0 Å². The smallest absolute Gasteiger partial charge is 0.345 e. The van der Waals surface area contributed by atoms with Gasteiger partial charge in [0.1, 0.15) is 10.7 Å². The predicted octanol–water partition coefficient (Wildman–Crippen LogP) is 5.89. The number of amides is 2. The minimum absolute atomic E-state index is 0.158. The molecule has 4 aromatic rings. The number of ether oxygens (including phenoxy) is 1. The number of nitrogens with zero attached hydrogens (tertiary/aromatic N) is 3. The molecule has 5 heterocycles. The molecule has 224 valence electrons. The van der Waals surface area contributed by atoms with Crippen molar-refractivity contribution < 1.29 is 24.2 Å². The summed E-state index contributed by atoms with van der Waals surface area (Å²) in [5.74, 6) is -0.647. The Hall–Kier alpha value is -4.54. The van der Waals surface area contributed by atoms with E-state index in [9.17, 15) is 19.5 Å². The molecule has 0 radical (unpaired) electrons. The van der Waals surface area contributed by atoms with Crippen molar-refractivity contribution in [3.05, 3.63) is 94.0 Å². The van der Waals surface area contributed by atoms with Gasteiger partial charge in [-0.05, 0) is 79.8 Å². The van der Waals surface area contributed by atoms with Gasteiger partial charge in [0.05, 0.1) is 11.3 Å². The maximum atomic E-state index is 13.8. The molecule has 2 aromatic heterocycles. The van der Waals surface area contributed by atoms with Crippen molar-refractivity contribution in [2.75, 3.05) is 48.0 Å². The van der Waals surface area contributed by atoms with Gasteiger partial charge in [-0.1, -0.05) is 18.2 Å². The third kappa shape index (κ3) is 5.14. The Balaban J connectivity index is 1.08. The maximum Gasteiger partial charge on any atom is 0.345 e. The van der Waals surface area contributed by atoms with Gasteiger partial charge in [-0.25, -0.2) is 9.78 Å². The number of aromatic nitrogens is 1. The van der Waals surface area contributed by atoms with Crippen molar-refractivity contribution in [1.82, 2.24) is 4.98 Å². The largest absolute Gasteiger partial charge is 0.477 e. The second kappa shape index (κ2) is 11.2. The summed E-state index contributed by atoms with van der Waals surface area (Å²) in [4.78, 5) is 48.6. The highest BCUT2D eigenvalue weighted by atomic mass is 32.1. The number of pyridine rings is 1. The second-order valence-corrected chi connectivity index (χ2v) is 12.9. The fourth-order valence-electron chi connectivity index (χ4n) is 6.48. The molecule has 7 rings (SSSR count). The molecule has 3 aliphatic rings. The van der Waals surface area contributed by atoms with E-state index < -0.39 is 5.97 Å². The number of carboxylic acid groups (broad SMARTS) is 1. The van der Waals surface area contributed by atoms with Crippen LogP contribution in [0.15, 0.2) is 66.9 Å². The van der Waals surface area contributed by atoms with Crippen molar-refractivity contribution in [2.45, 2.75) is 26.2 Å². The third-order valence-corrected chi connectivity index (χ3v) is 10.1. The number of anilines is 3. The minimum Gasteiger partial charge on any atom is -0.477 e. The molecule has 2 aromatic carbocycles. The summed E-state index contributed by atoms with van der Waals surface area (Å²) < 4.78 is 5.55. The number of carbonyl (C=O) groups excluding carboxylic acids is 2. The van der Waals surface area contributed by atoms with Crippen LogP contribution in [0.3, 0.4) is 0 Å². The fourth-order valence-corrected chi connectivity index (χ4v) is 7.56. The number of fused-ring (bicyclic) bond motifs is 3. The van der Waals surface area contributed by atoms with Gasteiger partial charge in [-0.3, -0.25) is 9.59 Å². The van der Waals surface area contributed by atoms with Gasteiger partial charge in [0, 0.05) is 66.2 Å². The maximum absolute atomic E-state index is 13.8. The molecule has 3 aliphatic heterocycles. The summed E-state index contributed by atoms with van der Waals surface area (Å²) in [6.07, 6.45) is 4.41. The standard InChI is InChI=1S/C34H32N4O5S/c1-21-16-26(30(35-18-21)37-19-34(20-37)11-14-43-15-12-34)31(39)36-24-8-6-22(7-9-24)32(40)38-13-10-23-17-28(33(41)42)44-29(23)25-4-2-3-5-27(25)38/h2-9,16-18H,10-15,19-20H2,1H3,(H,36,39)(H,41,42). The molecule has 0 saturated carbocycles. The van der Waals surface area contributed by atoms with Gasteiger partial charge in [0.25, 0.3) is 11.8 Å². The Morgan fingerprint density at radius 1 is 1.02 bits per heavy atom. The number of carboxylic acids is 1. The van der Waals surface area contributed by atoms with Crippen molar-refractivity contribution in [1.29, 1.82) is 0 Å². The lowest BCUT2D eigenvalue weighted by atomic mass is 9.73. The van der Waals surface area contributed by atoms with Crippen LogP contribution in [0.4, 0.5) is 17.2 Å². The van der Waals surface area contributed by atoms with Crippen LogP contribution in [0.1, 0.15) is 54.4 Å². The van der Waals surface area contributed by atoms with Crippen LogP contribution >= 0.6 is 11.3 Å². The highest BCUT2D eigenvalue weighted by Gasteiger charge is 2.45. The average molecular weight is 609 g/mol. The monoisotopic (exact) mass is 608 g/mol. The molecular weight excluding hydrogens is 576 g/mol. The first-order valence-corrected chi connectivity index (χ1v) is 15.6. The van der Waals surface area contributed by atoms with E-state index in [0.29, 0.717) is 40.5 Å². The Kier molecular flexibility index (Phi) is 7.18. The normalized spacial score (nSPS) is 16.8. The Morgan fingerprint density at radius 2 is 1.77 bits per heavy atom. The van der Waals surface area contributed by atoms with E-state index in [4.69, 9.17) is 4.74 Å². The van der Waals surface area contributed by atoms with Crippen LogP contribution in [0.5, 0.6) is 0 Å². The number of nitrogens with one attached hydrogen (secondary N) is 1. The van der Waals surface area contributed by atoms with E-state index in [0.717, 1.165) is 66.4 Å². The zero-order valence-corrected chi connectivity index (χ0v) is 25.2. The number of aromatic carboxylic acids is 1.